The van der Waals surface area contributed by atoms with Crippen molar-refractivity contribution in [2.75, 3.05) is 6.61 Å². The van der Waals surface area contributed by atoms with Gasteiger partial charge in [-0.25, -0.2) is 0 Å². The van der Waals surface area contributed by atoms with Gasteiger partial charge in [-0.1, -0.05) is 19.4 Å². The number of esters is 1. The molecule has 106 valence electrons. The minimum absolute atomic E-state index is 0.137. The van der Waals surface area contributed by atoms with E-state index in [-0.39, 0.29) is 6.61 Å². The highest BCUT2D eigenvalue weighted by atomic mass is 19.4. The van der Waals surface area contributed by atoms with Crippen LogP contribution in [-0.2, 0) is 22.3 Å². The van der Waals surface area contributed by atoms with E-state index in [2.05, 4.69) is 0 Å². The van der Waals surface area contributed by atoms with Crippen LogP contribution in [0.5, 0.6) is 0 Å². The van der Waals surface area contributed by atoms with E-state index in [0.29, 0.717) is 11.0 Å². The molecule has 0 saturated carbocycles. The highest BCUT2D eigenvalue weighted by Crippen LogP contribution is 2.27. The maximum atomic E-state index is 12.7. The summed E-state index contributed by atoms with van der Waals surface area (Å²) in [4.78, 5) is 22.8. The lowest BCUT2D eigenvalue weighted by molar-refractivity contribution is -0.149. The number of halogens is 3. The van der Waals surface area contributed by atoms with E-state index in [9.17, 15) is 22.8 Å². The fraction of sp³-hybridized carbons (Fsp3) is 0.500. The number of aromatic nitrogens is 1. The van der Waals surface area contributed by atoms with E-state index < -0.39 is 29.9 Å². The zero-order chi connectivity index (χ0) is 14.5. The van der Waals surface area contributed by atoms with Crippen molar-refractivity contribution < 1.29 is 22.7 Å². The number of carbonyl (C=O) groups is 1. The van der Waals surface area contributed by atoms with Crippen molar-refractivity contribution in [3.8, 4) is 0 Å². The first-order chi connectivity index (χ1) is 8.86. The zero-order valence-corrected chi connectivity index (χ0v) is 10.4. The maximum absolute atomic E-state index is 12.7. The minimum atomic E-state index is -4.69. The summed E-state index contributed by atoms with van der Waals surface area (Å²) in [5.74, 6) is -0.854. The Labute approximate surface area is 107 Å². The van der Waals surface area contributed by atoms with Gasteiger partial charge in [0.1, 0.15) is 12.2 Å². The zero-order valence-electron chi connectivity index (χ0n) is 10.4. The smallest absolute Gasteiger partial charge is 0.431 e. The van der Waals surface area contributed by atoms with E-state index in [1.165, 1.54) is 0 Å². The molecule has 0 radical (unpaired) electrons. The van der Waals surface area contributed by atoms with Crippen molar-refractivity contribution in [1.29, 1.82) is 0 Å². The van der Waals surface area contributed by atoms with E-state index >= 15 is 0 Å². The van der Waals surface area contributed by atoms with Crippen molar-refractivity contribution in [2.45, 2.75) is 32.5 Å². The first-order valence-electron chi connectivity index (χ1n) is 5.79. The third-order valence-electron chi connectivity index (χ3n) is 2.39. The lowest BCUT2D eigenvalue weighted by atomic mass is 10.3. The van der Waals surface area contributed by atoms with Crippen molar-refractivity contribution in [3.63, 3.8) is 0 Å². The average molecular weight is 277 g/mol. The molecular formula is C12H14F3NO3. The fourth-order valence-corrected chi connectivity index (χ4v) is 1.44. The number of hydrogen-bond donors (Lipinski definition) is 0. The first-order valence-corrected chi connectivity index (χ1v) is 5.79. The Hall–Kier alpha value is -1.79. The Morgan fingerprint density at radius 3 is 2.63 bits per heavy atom. The molecule has 7 heteroatoms. The van der Waals surface area contributed by atoms with Crippen LogP contribution in [0.3, 0.4) is 0 Å². The molecule has 0 aromatic carbocycles. The van der Waals surface area contributed by atoms with Crippen molar-refractivity contribution >= 4 is 5.97 Å². The number of nitrogens with zero attached hydrogens (tertiary/aromatic N) is 1. The molecule has 1 aromatic rings. The van der Waals surface area contributed by atoms with Gasteiger partial charge in [0, 0.05) is 6.07 Å². The molecule has 1 heterocycles. The molecule has 0 fully saturated rings. The van der Waals surface area contributed by atoms with Crippen LogP contribution in [0.2, 0.25) is 0 Å². The van der Waals surface area contributed by atoms with Crippen LogP contribution in [0.15, 0.2) is 23.0 Å². The van der Waals surface area contributed by atoms with Crippen LogP contribution in [0.1, 0.15) is 25.5 Å². The van der Waals surface area contributed by atoms with Gasteiger partial charge in [-0.2, -0.15) is 13.2 Å². The molecule has 0 amide bonds. The number of ether oxygens (including phenoxy) is 1. The Morgan fingerprint density at radius 1 is 1.37 bits per heavy atom. The molecule has 0 aliphatic carbocycles. The molecule has 0 saturated heterocycles. The van der Waals surface area contributed by atoms with Crippen molar-refractivity contribution in [1.82, 2.24) is 4.57 Å². The second-order valence-corrected chi connectivity index (χ2v) is 3.91. The predicted molar refractivity (Wildman–Crippen MR) is 61.6 cm³/mol. The highest BCUT2D eigenvalue weighted by Gasteiger charge is 2.34. The topological polar surface area (TPSA) is 48.3 Å². The summed E-state index contributed by atoms with van der Waals surface area (Å²) >= 11 is 0. The Bertz CT molecular complexity index is 494. The SMILES string of the molecule is CCCCOC(=O)Cn1c(C(F)(F)F)cccc1=O. The Morgan fingerprint density at radius 2 is 2.05 bits per heavy atom. The molecule has 0 unspecified atom stereocenters. The van der Waals surface area contributed by atoms with Crippen LogP contribution in [0.25, 0.3) is 0 Å². The standard InChI is InChI=1S/C12H14F3NO3/c1-2-3-7-19-11(18)8-16-9(12(13,14)15)5-4-6-10(16)17/h4-6H,2-3,7-8H2,1H3. The number of alkyl halides is 3. The molecule has 0 spiro atoms. The van der Waals surface area contributed by atoms with Crippen LogP contribution >= 0.6 is 0 Å². The van der Waals surface area contributed by atoms with Crippen LogP contribution < -0.4 is 5.56 Å². The first kappa shape index (κ1) is 15.3. The second-order valence-electron chi connectivity index (χ2n) is 3.91. The van der Waals surface area contributed by atoms with E-state index in [4.69, 9.17) is 4.74 Å². The summed E-state index contributed by atoms with van der Waals surface area (Å²) in [5.41, 5.74) is -2.05. The molecular weight excluding hydrogens is 263 g/mol. The number of unbranched alkanes of at least 4 members (excludes halogenated alkanes) is 1. The Kier molecular flexibility index (Phi) is 5.14. The van der Waals surface area contributed by atoms with Gasteiger partial charge in [0.2, 0.25) is 0 Å². The third kappa shape index (κ3) is 4.42. The summed E-state index contributed by atoms with van der Waals surface area (Å²) in [6, 6.07) is 2.72. The molecule has 4 nitrogen and oxygen atoms in total. The lowest BCUT2D eigenvalue weighted by Crippen LogP contribution is -2.30. The van der Waals surface area contributed by atoms with E-state index in [1.807, 2.05) is 6.92 Å². The molecule has 0 bridgehead atoms. The lowest BCUT2D eigenvalue weighted by Gasteiger charge is -2.14. The van der Waals surface area contributed by atoms with Gasteiger partial charge in [-0.05, 0) is 12.5 Å². The minimum Gasteiger partial charge on any atom is -0.464 e. The summed E-state index contributed by atoms with van der Waals surface area (Å²) in [5, 5.41) is 0. The van der Waals surface area contributed by atoms with Gasteiger partial charge in [-0.15, -0.1) is 0 Å². The Balaban J connectivity index is 2.88. The molecule has 0 aliphatic heterocycles. The van der Waals surface area contributed by atoms with Crippen LogP contribution in [0, 0.1) is 0 Å². The molecule has 1 aromatic heterocycles. The normalized spacial score (nSPS) is 11.4. The van der Waals surface area contributed by atoms with Crippen molar-refractivity contribution in [2.24, 2.45) is 0 Å². The van der Waals surface area contributed by atoms with Gasteiger partial charge in [-0.3, -0.25) is 14.2 Å². The van der Waals surface area contributed by atoms with Gasteiger partial charge < -0.3 is 4.74 Å². The van der Waals surface area contributed by atoms with E-state index in [0.717, 1.165) is 24.6 Å². The van der Waals surface area contributed by atoms with Gasteiger partial charge >= 0.3 is 12.1 Å². The van der Waals surface area contributed by atoms with Crippen molar-refractivity contribution in [3.05, 3.63) is 34.2 Å². The number of hydrogen-bond acceptors (Lipinski definition) is 3. The maximum Gasteiger partial charge on any atom is 0.431 e. The molecule has 0 aliphatic rings. The largest absolute Gasteiger partial charge is 0.464 e. The molecule has 0 N–H and O–H groups in total. The number of pyridine rings is 1. The molecule has 1 rings (SSSR count). The predicted octanol–water partition coefficient (Wildman–Crippen LogP) is 2.21. The van der Waals surface area contributed by atoms with E-state index in [1.54, 1.807) is 0 Å². The third-order valence-corrected chi connectivity index (χ3v) is 2.39. The van der Waals surface area contributed by atoms with Gasteiger partial charge in [0.05, 0.1) is 6.61 Å². The van der Waals surface area contributed by atoms with Crippen LogP contribution in [0.4, 0.5) is 13.2 Å². The molecule has 0 atom stereocenters. The summed E-state index contributed by atoms with van der Waals surface area (Å²) in [7, 11) is 0. The summed E-state index contributed by atoms with van der Waals surface area (Å²) in [6.45, 7) is 1.29. The highest BCUT2D eigenvalue weighted by molar-refractivity contribution is 5.69. The number of rotatable bonds is 5. The second kappa shape index (κ2) is 6.40. The molecule has 19 heavy (non-hydrogen) atoms. The fourth-order valence-electron chi connectivity index (χ4n) is 1.44. The summed E-state index contributed by atoms with van der Waals surface area (Å²) in [6.07, 6.45) is -3.27. The average Bonchev–Trinajstić information content (AvgIpc) is 2.30. The quantitative estimate of drug-likeness (QED) is 0.612. The van der Waals surface area contributed by atoms with Gasteiger partial charge in [0.15, 0.2) is 0 Å². The number of carbonyl (C=O) groups excluding carboxylic acids is 1. The monoisotopic (exact) mass is 277 g/mol. The van der Waals surface area contributed by atoms with Crippen LogP contribution in [-0.4, -0.2) is 17.1 Å². The van der Waals surface area contributed by atoms with Gasteiger partial charge in [0.25, 0.3) is 5.56 Å². The summed E-state index contributed by atoms with van der Waals surface area (Å²) < 4.78 is 43.1.